The normalized spacial score (nSPS) is 12.2. The predicted octanol–water partition coefficient (Wildman–Crippen LogP) is 4.91. The average Bonchev–Trinajstić information content (AvgIpc) is 2.67. The molecular weight excluding hydrogens is 333 g/mol. The van der Waals surface area contributed by atoms with Crippen molar-refractivity contribution in [3.63, 3.8) is 0 Å². The van der Waals surface area contributed by atoms with Crippen LogP contribution in [0.25, 0.3) is 11.3 Å². The number of nitrogens with two attached hydrogens (primary N) is 1. The highest BCUT2D eigenvalue weighted by Crippen LogP contribution is 2.35. The van der Waals surface area contributed by atoms with Gasteiger partial charge in [0.2, 0.25) is 0 Å². The molecule has 114 valence electrons. The number of aromatic nitrogens is 2. The van der Waals surface area contributed by atoms with Gasteiger partial charge in [0.25, 0.3) is 0 Å². The molecule has 0 radical (unpaired) electrons. The van der Waals surface area contributed by atoms with Crippen LogP contribution >= 0.6 is 15.9 Å². The van der Waals surface area contributed by atoms with E-state index in [1.807, 2.05) is 4.57 Å². The minimum atomic E-state index is -0.329. The van der Waals surface area contributed by atoms with Crippen molar-refractivity contribution >= 4 is 21.7 Å². The number of rotatable bonds is 2. The summed E-state index contributed by atoms with van der Waals surface area (Å²) >= 11 is 3.27. The molecule has 0 aliphatic rings. The standard InChI is InChI=1S/C16H21BrFN3/c1-9(2)21-14(19)13(20-15(21)16(3,4)5)11-7-6-10(17)8-12(11)18/h6-9H,19H2,1-5H3. The summed E-state index contributed by atoms with van der Waals surface area (Å²) in [5.74, 6) is 1.05. The Labute approximate surface area is 133 Å². The zero-order valence-corrected chi connectivity index (χ0v) is 14.6. The van der Waals surface area contributed by atoms with Gasteiger partial charge in [-0.05, 0) is 32.0 Å². The molecule has 21 heavy (non-hydrogen) atoms. The maximum absolute atomic E-state index is 14.2. The van der Waals surface area contributed by atoms with Crippen LogP contribution in [-0.4, -0.2) is 9.55 Å². The molecule has 2 N–H and O–H groups in total. The van der Waals surface area contributed by atoms with Crippen molar-refractivity contribution in [3.05, 3.63) is 34.3 Å². The van der Waals surface area contributed by atoms with Crippen molar-refractivity contribution < 1.29 is 4.39 Å². The fourth-order valence-corrected chi connectivity index (χ4v) is 2.71. The number of halogens is 2. The zero-order valence-electron chi connectivity index (χ0n) is 13.0. The highest BCUT2D eigenvalue weighted by atomic mass is 79.9. The summed E-state index contributed by atoms with van der Waals surface area (Å²) in [6.45, 7) is 10.3. The van der Waals surface area contributed by atoms with Gasteiger partial charge in [0, 0.05) is 21.5 Å². The van der Waals surface area contributed by atoms with Crippen LogP contribution in [0.1, 0.15) is 46.5 Å². The number of hydrogen-bond donors (Lipinski definition) is 1. The Morgan fingerprint density at radius 3 is 2.33 bits per heavy atom. The molecule has 0 aliphatic heterocycles. The van der Waals surface area contributed by atoms with Gasteiger partial charge in [-0.15, -0.1) is 0 Å². The number of nitrogen functional groups attached to an aromatic ring is 1. The van der Waals surface area contributed by atoms with Gasteiger partial charge in [0.1, 0.15) is 23.2 Å². The Morgan fingerprint density at radius 2 is 1.90 bits per heavy atom. The van der Waals surface area contributed by atoms with Gasteiger partial charge in [-0.3, -0.25) is 0 Å². The fraction of sp³-hybridized carbons (Fsp3) is 0.438. The van der Waals surface area contributed by atoms with E-state index < -0.39 is 0 Å². The van der Waals surface area contributed by atoms with Crippen LogP contribution in [0.2, 0.25) is 0 Å². The van der Waals surface area contributed by atoms with Crippen LogP contribution in [-0.2, 0) is 5.41 Å². The first kappa shape index (κ1) is 16.0. The Bertz CT molecular complexity index is 669. The molecule has 5 heteroatoms. The summed E-state index contributed by atoms with van der Waals surface area (Å²) in [5, 5.41) is 0. The lowest BCUT2D eigenvalue weighted by Gasteiger charge is -2.22. The first-order valence-corrected chi connectivity index (χ1v) is 7.75. The third kappa shape index (κ3) is 2.98. The lowest BCUT2D eigenvalue weighted by atomic mass is 9.95. The quantitative estimate of drug-likeness (QED) is 0.833. The molecule has 2 aromatic rings. The lowest BCUT2D eigenvalue weighted by Crippen LogP contribution is -2.21. The molecule has 0 amide bonds. The Hall–Kier alpha value is -1.36. The summed E-state index contributed by atoms with van der Waals surface area (Å²) < 4.78 is 16.9. The van der Waals surface area contributed by atoms with E-state index in [9.17, 15) is 4.39 Å². The topological polar surface area (TPSA) is 43.8 Å². The largest absolute Gasteiger partial charge is 0.383 e. The van der Waals surface area contributed by atoms with Crippen molar-refractivity contribution in [3.8, 4) is 11.3 Å². The van der Waals surface area contributed by atoms with E-state index in [4.69, 9.17) is 5.73 Å². The predicted molar refractivity (Wildman–Crippen MR) is 88.8 cm³/mol. The van der Waals surface area contributed by atoms with E-state index in [-0.39, 0.29) is 17.3 Å². The average molecular weight is 354 g/mol. The molecular formula is C16H21BrFN3. The Balaban J connectivity index is 2.71. The number of hydrogen-bond acceptors (Lipinski definition) is 2. The molecule has 1 aromatic carbocycles. The van der Waals surface area contributed by atoms with Crippen LogP contribution in [0.5, 0.6) is 0 Å². The number of imidazole rings is 1. The number of benzene rings is 1. The van der Waals surface area contributed by atoms with Gasteiger partial charge in [0.15, 0.2) is 0 Å². The SMILES string of the molecule is CC(C)n1c(C(C)(C)C)nc(-c2ccc(Br)cc2F)c1N. The molecule has 0 bridgehead atoms. The molecule has 0 spiro atoms. The van der Waals surface area contributed by atoms with Crippen molar-refractivity contribution in [1.82, 2.24) is 9.55 Å². The van der Waals surface area contributed by atoms with Gasteiger partial charge in [0.05, 0.1) is 0 Å². The monoisotopic (exact) mass is 353 g/mol. The fourth-order valence-electron chi connectivity index (χ4n) is 2.38. The van der Waals surface area contributed by atoms with Crippen molar-refractivity contribution in [2.45, 2.75) is 46.1 Å². The smallest absolute Gasteiger partial charge is 0.133 e. The van der Waals surface area contributed by atoms with E-state index in [0.29, 0.717) is 21.5 Å². The second-order valence-electron chi connectivity index (χ2n) is 6.51. The minimum Gasteiger partial charge on any atom is -0.383 e. The third-order valence-electron chi connectivity index (χ3n) is 3.32. The molecule has 0 atom stereocenters. The maximum Gasteiger partial charge on any atom is 0.133 e. The molecule has 0 aliphatic carbocycles. The Morgan fingerprint density at radius 1 is 1.29 bits per heavy atom. The van der Waals surface area contributed by atoms with Crippen LogP contribution in [0.3, 0.4) is 0 Å². The second kappa shape index (κ2) is 5.44. The van der Waals surface area contributed by atoms with Crippen molar-refractivity contribution in [1.29, 1.82) is 0 Å². The molecule has 1 heterocycles. The van der Waals surface area contributed by atoms with E-state index in [2.05, 4.69) is 55.5 Å². The highest BCUT2D eigenvalue weighted by molar-refractivity contribution is 9.10. The van der Waals surface area contributed by atoms with E-state index >= 15 is 0 Å². The summed E-state index contributed by atoms with van der Waals surface area (Å²) in [6, 6.07) is 5.09. The van der Waals surface area contributed by atoms with E-state index in [0.717, 1.165) is 5.82 Å². The first-order valence-electron chi connectivity index (χ1n) is 6.96. The maximum atomic E-state index is 14.2. The summed E-state index contributed by atoms with van der Waals surface area (Å²) in [6.07, 6.45) is 0. The van der Waals surface area contributed by atoms with E-state index in [1.54, 1.807) is 12.1 Å². The molecule has 0 fully saturated rings. The van der Waals surface area contributed by atoms with Gasteiger partial charge >= 0.3 is 0 Å². The number of anilines is 1. The summed E-state index contributed by atoms with van der Waals surface area (Å²) in [7, 11) is 0. The van der Waals surface area contributed by atoms with Gasteiger partial charge in [-0.2, -0.15) is 0 Å². The van der Waals surface area contributed by atoms with Crippen LogP contribution in [0.4, 0.5) is 10.2 Å². The van der Waals surface area contributed by atoms with Gasteiger partial charge in [-0.1, -0.05) is 36.7 Å². The van der Waals surface area contributed by atoms with Crippen molar-refractivity contribution in [2.75, 3.05) is 5.73 Å². The zero-order chi connectivity index (χ0) is 15.9. The van der Waals surface area contributed by atoms with Crippen LogP contribution in [0.15, 0.2) is 22.7 Å². The molecule has 0 unspecified atom stereocenters. The van der Waals surface area contributed by atoms with E-state index in [1.165, 1.54) is 6.07 Å². The van der Waals surface area contributed by atoms with Gasteiger partial charge in [-0.25, -0.2) is 9.37 Å². The molecule has 2 rings (SSSR count). The third-order valence-corrected chi connectivity index (χ3v) is 3.81. The number of nitrogens with zero attached hydrogens (tertiary/aromatic N) is 2. The summed E-state index contributed by atoms with van der Waals surface area (Å²) in [5.41, 5.74) is 7.04. The summed E-state index contributed by atoms with van der Waals surface area (Å²) in [4.78, 5) is 4.65. The molecule has 0 saturated carbocycles. The molecule has 1 aromatic heterocycles. The van der Waals surface area contributed by atoms with Gasteiger partial charge < -0.3 is 10.3 Å². The molecule has 3 nitrogen and oxygen atoms in total. The highest BCUT2D eigenvalue weighted by Gasteiger charge is 2.27. The molecule has 0 saturated heterocycles. The minimum absolute atomic E-state index is 0.164. The van der Waals surface area contributed by atoms with Crippen LogP contribution < -0.4 is 5.73 Å². The second-order valence-corrected chi connectivity index (χ2v) is 7.42. The Kier molecular flexibility index (Phi) is 4.15. The lowest BCUT2D eigenvalue weighted by molar-refractivity contribution is 0.473. The van der Waals surface area contributed by atoms with Crippen molar-refractivity contribution in [2.24, 2.45) is 0 Å². The van der Waals surface area contributed by atoms with Crippen LogP contribution in [0, 0.1) is 5.82 Å². The first-order chi connectivity index (χ1) is 9.62.